The van der Waals surface area contributed by atoms with E-state index < -0.39 is 36.9 Å². The molecular weight excluding hydrogens is 281 g/mol. The minimum atomic E-state index is -4.70. The van der Waals surface area contributed by atoms with Crippen molar-refractivity contribution in [1.29, 1.82) is 0 Å². The molecule has 0 aromatic carbocycles. The van der Waals surface area contributed by atoms with Crippen LogP contribution >= 0.6 is 0 Å². The van der Waals surface area contributed by atoms with Crippen molar-refractivity contribution in [2.75, 3.05) is 26.2 Å². The third-order valence-corrected chi connectivity index (χ3v) is 2.20. The molecule has 9 heteroatoms. The molecule has 0 aliphatic carbocycles. The van der Waals surface area contributed by atoms with E-state index in [1.54, 1.807) is 0 Å². The fraction of sp³-hybridized carbons (Fsp3) is 0.818. The summed E-state index contributed by atoms with van der Waals surface area (Å²) in [5.74, 6) is -1.54. The van der Waals surface area contributed by atoms with Crippen molar-refractivity contribution >= 4 is 12.0 Å². The van der Waals surface area contributed by atoms with E-state index in [9.17, 15) is 27.9 Å². The van der Waals surface area contributed by atoms with E-state index in [0.29, 0.717) is 0 Å². The number of urea groups is 1. The van der Waals surface area contributed by atoms with E-state index in [0.717, 1.165) is 4.90 Å². The Balaban J connectivity index is 5.03. The molecule has 0 spiro atoms. The smallest absolute Gasteiger partial charge is 0.406 e. The normalized spacial score (nSPS) is 12.2. The van der Waals surface area contributed by atoms with Gasteiger partial charge in [0.05, 0.1) is 12.1 Å². The number of carboxylic acids is 1. The molecule has 0 heterocycles. The largest absolute Gasteiger partial charge is 0.480 e. The molecule has 0 aliphatic heterocycles. The van der Waals surface area contributed by atoms with Crippen LogP contribution in [0.5, 0.6) is 0 Å². The highest BCUT2D eigenvalue weighted by atomic mass is 19.4. The van der Waals surface area contributed by atoms with Crippen LogP contribution in [0.15, 0.2) is 0 Å². The molecule has 20 heavy (non-hydrogen) atoms. The maximum Gasteiger partial charge on any atom is 0.406 e. The van der Waals surface area contributed by atoms with Gasteiger partial charge in [0.25, 0.3) is 0 Å². The number of alkyl halides is 3. The molecule has 0 aromatic heterocycles. The topological polar surface area (TPSA) is 81.1 Å². The molecule has 0 aliphatic rings. The van der Waals surface area contributed by atoms with E-state index >= 15 is 0 Å². The number of carboxylic acid groups (broad SMARTS) is 1. The number of carbonyl (C=O) groups is 2. The fourth-order valence-electron chi connectivity index (χ4n) is 1.55. The van der Waals surface area contributed by atoms with Crippen LogP contribution in [0.2, 0.25) is 0 Å². The summed E-state index contributed by atoms with van der Waals surface area (Å²) in [5.41, 5.74) is -1.29. The summed E-state index contributed by atoms with van der Waals surface area (Å²) in [6.07, 6.45) is -4.70. The Hall–Kier alpha value is -1.51. The van der Waals surface area contributed by atoms with Crippen LogP contribution in [0.3, 0.4) is 0 Å². The molecule has 0 saturated heterocycles. The second kappa shape index (κ2) is 6.78. The third-order valence-electron chi connectivity index (χ3n) is 2.20. The number of hydrogen-bond acceptors (Lipinski definition) is 3. The number of aliphatic carboxylic acids is 1. The molecule has 0 saturated carbocycles. The highest BCUT2D eigenvalue weighted by molar-refractivity contribution is 5.80. The quantitative estimate of drug-likeness (QED) is 0.771. The Morgan fingerprint density at radius 3 is 1.90 bits per heavy atom. The zero-order valence-corrected chi connectivity index (χ0v) is 11.6. The molecule has 118 valence electrons. The van der Waals surface area contributed by atoms with Crippen molar-refractivity contribution in [3.05, 3.63) is 0 Å². The first kappa shape index (κ1) is 18.5. The van der Waals surface area contributed by atoms with E-state index in [4.69, 9.17) is 5.11 Å². The van der Waals surface area contributed by atoms with Gasteiger partial charge in [-0.1, -0.05) is 0 Å². The Morgan fingerprint density at radius 1 is 1.10 bits per heavy atom. The van der Waals surface area contributed by atoms with Crippen LogP contribution in [-0.2, 0) is 4.79 Å². The zero-order valence-electron chi connectivity index (χ0n) is 11.6. The van der Waals surface area contributed by atoms with Gasteiger partial charge in [0.1, 0.15) is 13.1 Å². The van der Waals surface area contributed by atoms with E-state index in [-0.39, 0.29) is 18.0 Å². The average molecular weight is 300 g/mol. The number of aliphatic hydroxyl groups is 1. The van der Waals surface area contributed by atoms with Crippen LogP contribution in [0.1, 0.15) is 20.8 Å². The van der Waals surface area contributed by atoms with Gasteiger partial charge in [0.15, 0.2) is 0 Å². The Morgan fingerprint density at radius 2 is 1.60 bits per heavy atom. The monoisotopic (exact) mass is 300 g/mol. The summed E-state index contributed by atoms with van der Waals surface area (Å²) in [6, 6.07) is -1.07. The Kier molecular flexibility index (Phi) is 6.27. The minimum Gasteiger partial charge on any atom is -0.480 e. The highest BCUT2D eigenvalue weighted by Gasteiger charge is 2.36. The lowest BCUT2D eigenvalue weighted by atomic mass is 10.1. The van der Waals surface area contributed by atoms with Gasteiger partial charge >= 0.3 is 18.2 Å². The summed E-state index contributed by atoms with van der Waals surface area (Å²) in [4.78, 5) is 23.7. The van der Waals surface area contributed by atoms with E-state index in [2.05, 4.69) is 0 Å². The number of carbonyl (C=O) groups excluding carboxylic acids is 1. The zero-order chi connectivity index (χ0) is 16.1. The van der Waals surface area contributed by atoms with Gasteiger partial charge in [-0.15, -0.1) is 0 Å². The Bertz CT molecular complexity index is 353. The standard InChI is InChI=1S/C11H19F3N2O4/c1-4-15(6-10(2,3)20)9(19)16(5-8(17)18)7-11(12,13)14/h20H,4-7H2,1-3H3,(H,17,18). The molecule has 2 amide bonds. The van der Waals surface area contributed by atoms with Gasteiger partial charge in [-0.2, -0.15) is 13.2 Å². The van der Waals surface area contributed by atoms with Gasteiger partial charge < -0.3 is 20.0 Å². The number of nitrogens with zero attached hydrogens (tertiary/aromatic N) is 2. The lowest BCUT2D eigenvalue weighted by molar-refractivity contribution is -0.149. The van der Waals surface area contributed by atoms with Crippen LogP contribution in [-0.4, -0.2) is 70.0 Å². The molecule has 2 N–H and O–H groups in total. The predicted octanol–water partition coefficient (Wildman–Crippen LogP) is 1.15. The van der Waals surface area contributed by atoms with Gasteiger partial charge in [0, 0.05) is 6.54 Å². The lowest BCUT2D eigenvalue weighted by Crippen LogP contribution is -2.52. The summed E-state index contributed by atoms with van der Waals surface area (Å²) in [6.45, 7) is 1.47. The summed E-state index contributed by atoms with van der Waals surface area (Å²) in [7, 11) is 0. The lowest BCUT2D eigenvalue weighted by Gasteiger charge is -2.33. The van der Waals surface area contributed by atoms with E-state index in [1.165, 1.54) is 20.8 Å². The number of halogens is 3. The van der Waals surface area contributed by atoms with E-state index in [1.807, 2.05) is 0 Å². The van der Waals surface area contributed by atoms with Gasteiger partial charge in [-0.25, -0.2) is 4.79 Å². The number of likely N-dealkylation sites (N-methyl/N-ethyl adjacent to an activating group) is 1. The van der Waals surface area contributed by atoms with Crippen molar-refractivity contribution in [2.24, 2.45) is 0 Å². The van der Waals surface area contributed by atoms with Crippen molar-refractivity contribution < 1.29 is 33.0 Å². The number of amides is 2. The first-order valence-corrected chi connectivity index (χ1v) is 5.90. The molecule has 0 bridgehead atoms. The first-order chi connectivity index (χ1) is 8.85. The number of rotatable bonds is 6. The third kappa shape index (κ3) is 7.82. The molecule has 6 nitrogen and oxygen atoms in total. The molecule has 0 aromatic rings. The minimum absolute atomic E-state index is 0.0524. The van der Waals surface area contributed by atoms with Gasteiger partial charge in [-0.05, 0) is 20.8 Å². The fourth-order valence-corrected chi connectivity index (χ4v) is 1.55. The number of hydrogen-bond donors (Lipinski definition) is 2. The van der Waals surface area contributed by atoms with Gasteiger partial charge in [0.2, 0.25) is 0 Å². The molecule has 0 unspecified atom stereocenters. The SMILES string of the molecule is CCN(CC(C)(C)O)C(=O)N(CC(=O)O)CC(F)(F)F. The highest BCUT2D eigenvalue weighted by Crippen LogP contribution is 2.18. The summed E-state index contributed by atoms with van der Waals surface area (Å²) in [5, 5.41) is 18.2. The van der Waals surface area contributed by atoms with Crippen LogP contribution in [0, 0.1) is 0 Å². The molecule has 0 rings (SSSR count). The van der Waals surface area contributed by atoms with Gasteiger partial charge in [-0.3, -0.25) is 4.79 Å². The van der Waals surface area contributed by atoms with Crippen molar-refractivity contribution in [2.45, 2.75) is 32.5 Å². The maximum atomic E-state index is 12.4. The van der Waals surface area contributed by atoms with Crippen LogP contribution in [0.25, 0.3) is 0 Å². The first-order valence-electron chi connectivity index (χ1n) is 5.90. The van der Waals surface area contributed by atoms with Crippen LogP contribution in [0.4, 0.5) is 18.0 Å². The predicted molar refractivity (Wildman–Crippen MR) is 64.2 cm³/mol. The van der Waals surface area contributed by atoms with Crippen molar-refractivity contribution in [3.8, 4) is 0 Å². The second-order valence-corrected chi connectivity index (χ2v) is 4.97. The molecule has 0 radical (unpaired) electrons. The van der Waals surface area contributed by atoms with Crippen molar-refractivity contribution in [3.63, 3.8) is 0 Å². The maximum absolute atomic E-state index is 12.4. The summed E-state index contributed by atoms with van der Waals surface area (Å²) < 4.78 is 37.1. The second-order valence-electron chi connectivity index (χ2n) is 4.97. The molecule has 0 atom stereocenters. The van der Waals surface area contributed by atoms with Crippen molar-refractivity contribution in [1.82, 2.24) is 9.80 Å². The van der Waals surface area contributed by atoms with Crippen LogP contribution < -0.4 is 0 Å². The molecular formula is C11H19F3N2O4. The molecule has 0 fully saturated rings. The average Bonchev–Trinajstić information content (AvgIpc) is 2.20. The summed E-state index contributed by atoms with van der Waals surface area (Å²) >= 11 is 0. The Labute approximate surface area is 114 Å².